The summed E-state index contributed by atoms with van der Waals surface area (Å²) in [6.45, 7) is 0.606. The van der Waals surface area contributed by atoms with Gasteiger partial charge in [-0.2, -0.15) is 0 Å². The van der Waals surface area contributed by atoms with E-state index in [1.807, 2.05) is 36.4 Å². The predicted octanol–water partition coefficient (Wildman–Crippen LogP) is 3.44. The third-order valence-electron chi connectivity index (χ3n) is 5.59. The van der Waals surface area contributed by atoms with E-state index < -0.39 is 30.4 Å². The van der Waals surface area contributed by atoms with Gasteiger partial charge < -0.3 is 15.5 Å². The van der Waals surface area contributed by atoms with Crippen LogP contribution in [0.4, 0.5) is 4.39 Å². The average Bonchev–Trinajstić information content (AvgIpc) is 2.87. The normalized spacial score (nSPS) is 12.2. The maximum absolute atomic E-state index is 13.7. The Hall–Kier alpha value is -3.79. The third-order valence-corrected chi connectivity index (χ3v) is 5.59. The van der Waals surface area contributed by atoms with E-state index in [9.17, 15) is 19.1 Å². The topological polar surface area (TPSA) is 86.6 Å². The van der Waals surface area contributed by atoms with E-state index in [4.69, 9.17) is 5.11 Å². The Kier molecular flexibility index (Phi) is 9.31. The van der Waals surface area contributed by atoms with Crippen molar-refractivity contribution in [1.82, 2.24) is 5.32 Å². The number of aliphatic hydroxyl groups is 2. The molecule has 3 aromatic rings. The maximum atomic E-state index is 13.7. The molecule has 3 aromatic carbocycles. The summed E-state index contributed by atoms with van der Waals surface area (Å²) in [5.41, 5.74) is 3.78. The van der Waals surface area contributed by atoms with Gasteiger partial charge in [-0.15, -0.1) is 0 Å². The number of carbonyl (C=O) groups excluding carboxylic acids is 2. The van der Waals surface area contributed by atoms with E-state index in [-0.39, 0.29) is 5.82 Å². The fraction of sp³-hybridized carbons (Fsp3) is 0.241. The van der Waals surface area contributed by atoms with Crippen LogP contribution in [0.1, 0.15) is 46.0 Å². The number of amides is 1. The molecule has 0 bridgehead atoms. The Balaban J connectivity index is 1.55. The quantitative estimate of drug-likeness (QED) is 0.416. The van der Waals surface area contributed by atoms with Crippen LogP contribution in [0.25, 0.3) is 0 Å². The zero-order valence-corrected chi connectivity index (χ0v) is 19.5. The summed E-state index contributed by atoms with van der Waals surface area (Å²) >= 11 is 0. The number of aryl methyl sites for hydroxylation is 2. The zero-order valence-electron chi connectivity index (χ0n) is 19.5. The molecule has 1 amide bonds. The van der Waals surface area contributed by atoms with Crippen molar-refractivity contribution in [3.63, 3.8) is 0 Å². The predicted molar refractivity (Wildman–Crippen MR) is 132 cm³/mol. The van der Waals surface area contributed by atoms with E-state index in [1.165, 1.54) is 13.0 Å². The van der Waals surface area contributed by atoms with Crippen molar-refractivity contribution < 1.29 is 24.2 Å². The van der Waals surface area contributed by atoms with Gasteiger partial charge in [0.25, 0.3) is 5.91 Å². The summed E-state index contributed by atoms with van der Waals surface area (Å²) < 4.78 is 13.7. The first-order valence-corrected chi connectivity index (χ1v) is 11.4. The molecule has 0 radical (unpaired) electrons. The monoisotopic (exact) mass is 473 g/mol. The fourth-order valence-electron chi connectivity index (χ4n) is 3.58. The molecule has 180 valence electrons. The number of halogens is 1. The second-order valence-electron chi connectivity index (χ2n) is 8.29. The summed E-state index contributed by atoms with van der Waals surface area (Å²) in [6, 6.07) is 20.2. The molecule has 0 unspecified atom stereocenters. The Morgan fingerprint density at radius 3 is 2.09 bits per heavy atom. The van der Waals surface area contributed by atoms with E-state index in [0.29, 0.717) is 17.5 Å². The van der Waals surface area contributed by atoms with Crippen LogP contribution < -0.4 is 5.32 Å². The Bertz CT molecular complexity index is 1210. The van der Waals surface area contributed by atoms with Gasteiger partial charge in [0.1, 0.15) is 18.5 Å². The van der Waals surface area contributed by atoms with Gasteiger partial charge in [0.05, 0.1) is 6.10 Å². The smallest absolute Gasteiger partial charge is 0.251 e. The minimum atomic E-state index is -1.17. The van der Waals surface area contributed by atoms with Gasteiger partial charge in [0.15, 0.2) is 5.78 Å². The molecule has 0 saturated heterocycles. The molecule has 0 saturated carbocycles. The molecule has 0 aromatic heterocycles. The second kappa shape index (κ2) is 12.6. The summed E-state index contributed by atoms with van der Waals surface area (Å²) in [6.07, 6.45) is 1.28. The summed E-state index contributed by atoms with van der Waals surface area (Å²) in [7, 11) is 0. The molecule has 3 N–H and O–H groups in total. The van der Waals surface area contributed by atoms with Crippen LogP contribution in [0.3, 0.4) is 0 Å². The lowest BCUT2D eigenvalue weighted by molar-refractivity contribution is -0.125. The van der Waals surface area contributed by atoms with Crippen molar-refractivity contribution in [3.8, 4) is 11.8 Å². The molecule has 0 fully saturated rings. The molecule has 5 nitrogen and oxygen atoms in total. The number of rotatable bonds is 9. The van der Waals surface area contributed by atoms with Gasteiger partial charge in [-0.1, -0.05) is 42.2 Å². The van der Waals surface area contributed by atoms with Crippen molar-refractivity contribution in [2.75, 3.05) is 6.61 Å². The Morgan fingerprint density at radius 2 is 1.51 bits per heavy atom. The van der Waals surface area contributed by atoms with E-state index in [0.717, 1.165) is 29.5 Å². The molecular weight excluding hydrogens is 445 g/mol. The van der Waals surface area contributed by atoms with Gasteiger partial charge in [-0.3, -0.25) is 9.59 Å². The molecule has 0 aliphatic carbocycles. The van der Waals surface area contributed by atoms with Crippen LogP contribution in [0.15, 0.2) is 72.8 Å². The van der Waals surface area contributed by atoms with Crippen molar-refractivity contribution in [2.24, 2.45) is 0 Å². The fourth-order valence-corrected chi connectivity index (χ4v) is 3.58. The lowest BCUT2D eigenvalue weighted by Gasteiger charge is -2.19. The maximum Gasteiger partial charge on any atom is 0.251 e. The average molecular weight is 474 g/mol. The van der Waals surface area contributed by atoms with Gasteiger partial charge in [0.2, 0.25) is 0 Å². The van der Waals surface area contributed by atoms with Crippen LogP contribution in [-0.4, -0.2) is 40.7 Å². The van der Waals surface area contributed by atoms with Crippen molar-refractivity contribution in [1.29, 1.82) is 0 Å². The second-order valence-corrected chi connectivity index (χ2v) is 8.29. The van der Waals surface area contributed by atoms with Gasteiger partial charge in [-0.25, -0.2) is 4.39 Å². The third kappa shape index (κ3) is 7.61. The number of hydrogen-bond acceptors (Lipinski definition) is 4. The zero-order chi connectivity index (χ0) is 25.2. The number of nitrogens with one attached hydrogen (secondary N) is 1. The first kappa shape index (κ1) is 25.8. The highest BCUT2D eigenvalue weighted by Crippen LogP contribution is 2.13. The largest absolute Gasteiger partial charge is 0.391 e. The summed E-state index contributed by atoms with van der Waals surface area (Å²) in [5, 5.41) is 21.1. The van der Waals surface area contributed by atoms with Crippen LogP contribution >= 0.6 is 0 Å². The summed E-state index contributed by atoms with van der Waals surface area (Å²) in [4.78, 5) is 24.0. The lowest BCUT2D eigenvalue weighted by atomic mass is 10.0. The molecule has 0 spiro atoms. The number of ketones is 1. The molecule has 0 heterocycles. The molecule has 35 heavy (non-hydrogen) atoms. The number of carbonyl (C=O) groups is 2. The van der Waals surface area contributed by atoms with E-state index in [2.05, 4.69) is 17.2 Å². The SMILES string of the molecule is C[C@@H](O)[C@H](NC(=O)c1ccc(C#Cc2ccc(CCCc3ccccc3F)cc2)cc1)C(=O)CO. The Morgan fingerprint density at radius 1 is 0.914 bits per heavy atom. The van der Waals surface area contributed by atoms with Crippen molar-refractivity contribution in [3.05, 3.63) is 106 Å². The van der Waals surface area contributed by atoms with E-state index in [1.54, 1.807) is 30.3 Å². The number of benzene rings is 3. The van der Waals surface area contributed by atoms with Crippen LogP contribution in [0, 0.1) is 17.7 Å². The van der Waals surface area contributed by atoms with Crippen LogP contribution in [0.2, 0.25) is 0 Å². The number of Topliss-reactive ketones (excluding diaryl/α,β-unsaturated/α-hetero) is 1. The Labute approximate surface area is 204 Å². The molecule has 0 aliphatic heterocycles. The van der Waals surface area contributed by atoms with Crippen LogP contribution in [-0.2, 0) is 17.6 Å². The number of aliphatic hydroxyl groups excluding tert-OH is 2. The highest BCUT2D eigenvalue weighted by atomic mass is 19.1. The van der Waals surface area contributed by atoms with Crippen molar-refractivity contribution >= 4 is 11.7 Å². The molecular formula is C29H28FNO4. The van der Waals surface area contributed by atoms with E-state index >= 15 is 0 Å². The molecule has 3 rings (SSSR count). The first-order chi connectivity index (χ1) is 16.9. The van der Waals surface area contributed by atoms with Gasteiger partial charge in [-0.05, 0) is 79.8 Å². The molecule has 6 heteroatoms. The standard InChI is InChI=1S/C29H28FNO4/c1-20(33)28(27(34)19-32)31-29(35)25-17-15-23(16-18-25)14-13-22-11-9-21(10-12-22)5-4-7-24-6-2-3-8-26(24)30/h2-3,6,8-12,15-18,20,28,32-33H,4-5,7,19H2,1H3,(H,31,35)/t20-,28+/m1/s1. The summed E-state index contributed by atoms with van der Waals surface area (Å²) in [5.74, 6) is 4.80. The molecule has 2 atom stereocenters. The van der Waals surface area contributed by atoms with Crippen LogP contribution in [0.5, 0.6) is 0 Å². The van der Waals surface area contributed by atoms with Gasteiger partial charge >= 0.3 is 0 Å². The van der Waals surface area contributed by atoms with Crippen molar-refractivity contribution in [2.45, 2.75) is 38.3 Å². The first-order valence-electron chi connectivity index (χ1n) is 11.4. The number of hydrogen-bond donors (Lipinski definition) is 3. The van der Waals surface area contributed by atoms with Gasteiger partial charge in [0, 0.05) is 16.7 Å². The molecule has 0 aliphatic rings. The lowest BCUT2D eigenvalue weighted by Crippen LogP contribution is -2.48. The minimum absolute atomic E-state index is 0.160. The highest BCUT2D eigenvalue weighted by molar-refractivity contribution is 5.98. The minimum Gasteiger partial charge on any atom is -0.391 e. The highest BCUT2D eigenvalue weighted by Gasteiger charge is 2.25.